The van der Waals surface area contributed by atoms with Gasteiger partial charge >= 0.3 is 6.18 Å². The second kappa shape index (κ2) is 8.21. The Kier molecular flexibility index (Phi) is 5.71. The number of benzene rings is 1. The van der Waals surface area contributed by atoms with Crippen LogP contribution in [0.25, 0.3) is 0 Å². The smallest absolute Gasteiger partial charge is 0.419 e. The number of pyridine rings is 1. The van der Waals surface area contributed by atoms with E-state index in [1.807, 2.05) is 0 Å². The fourth-order valence-corrected chi connectivity index (χ4v) is 2.56. The number of aryl methyl sites for hydroxylation is 2. The van der Waals surface area contributed by atoms with E-state index in [-0.39, 0.29) is 11.6 Å². The van der Waals surface area contributed by atoms with Crippen LogP contribution < -0.4 is 14.8 Å². The van der Waals surface area contributed by atoms with Crippen molar-refractivity contribution in [2.75, 3.05) is 11.9 Å². The summed E-state index contributed by atoms with van der Waals surface area (Å²) in [6.07, 6.45) is -1.51. The number of hydrogen-bond acceptors (Lipinski definition) is 5. The molecule has 3 aromatic rings. The molecule has 0 saturated heterocycles. The van der Waals surface area contributed by atoms with Crippen molar-refractivity contribution in [3.05, 3.63) is 60.0 Å². The van der Waals surface area contributed by atoms with E-state index >= 15 is 0 Å². The lowest BCUT2D eigenvalue weighted by Gasteiger charge is -2.14. The number of carbonyl (C=O) groups is 1. The predicted molar refractivity (Wildman–Crippen MR) is 97.8 cm³/mol. The molecule has 0 radical (unpaired) electrons. The highest BCUT2D eigenvalue weighted by molar-refractivity contribution is 5.93. The van der Waals surface area contributed by atoms with Crippen LogP contribution in [-0.2, 0) is 18.0 Å². The first-order chi connectivity index (χ1) is 13.8. The molecule has 2 heterocycles. The zero-order valence-corrected chi connectivity index (χ0v) is 15.5. The van der Waals surface area contributed by atoms with Gasteiger partial charge in [0.15, 0.2) is 6.61 Å². The second-order valence-corrected chi connectivity index (χ2v) is 6.01. The Labute approximate surface area is 164 Å². The Morgan fingerprint density at radius 3 is 2.66 bits per heavy atom. The summed E-state index contributed by atoms with van der Waals surface area (Å²) in [5.74, 6) is -0.403. The average Bonchev–Trinajstić information content (AvgIpc) is 2.93. The van der Waals surface area contributed by atoms with Crippen LogP contribution in [-0.4, -0.2) is 27.3 Å². The summed E-state index contributed by atoms with van der Waals surface area (Å²) < 4.78 is 51.3. The fourth-order valence-electron chi connectivity index (χ4n) is 2.56. The Morgan fingerprint density at radius 1 is 1.21 bits per heavy atom. The lowest BCUT2D eigenvalue weighted by molar-refractivity contribution is -0.139. The van der Waals surface area contributed by atoms with E-state index in [9.17, 15) is 18.0 Å². The van der Waals surface area contributed by atoms with Crippen molar-refractivity contribution in [1.29, 1.82) is 0 Å². The Bertz CT molecular complexity index is 1000. The number of anilines is 1. The minimum absolute atomic E-state index is 0.250. The summed E-state index contributed by atoms with van der Waals surface area (Å²) in [5, 5.41) is 6.77. The van der Waals surface area contributed by atoms with E-state index < -0.39 is 30.0 Å². The van der Waals surface area contributed by atoms with Crippen molar-refractivity contribution in [3.63, 3.8) is 0 Å². The number of alkyl halides is 3. The largest absolute Gasteiger partial charge is 0.483 e. The minimum Gasteiger partial charge on any atom is -0.483 e. The molecule has 3 rings (SSSR count). The first-order valence-electron chi connectivity index (χ1n) is 8.46. The molecule has 0 spiro atoms. The number of aromatic nitrogens is 3. The molecule has 0 fully saturated rings. The normalized spacial score (nSPS) is 11.2. The minimum atomic E-state index is -4.59. The van der Waals surface area contributed by atoms with Crippen LogP contribution in [0.5, 0.6) is 17.4 Å². The first kappa shape index (κ1) is 20.2. The van der Waals surface area contributed by atoms with Gasteiger partial charge in [0.1, 0.15) is 17.2 Å². The molecule has 152 valence electrons. The van der Waals surface area contributed by atoms with Gasteiger partial charge in [0, 0.05) is 13.2 Å². The molecule has 10 heteroatoms. The molecule has 0 aliphatic rings. The molecule has 0 unspecified atom stereocenters. The molecular weight excluding hydrogens is 389 g/mol. The highest BCUT2D eigenvalue weighted by Gasteiger charge is 2.34. The molecule has 1 amide bonds. The van der Waals surface area contributed by atoms with Crippen LogP contribution >= 0.6 is 0 Å². The Hall–Kier alpha value is -3.56. The molecule has 2 aromatic heterocycles. The van der Waals surface area contributed by atoms with E-state index in [0.29, 0.717) is 11.4 Å². The Balaban J connectivity index is 1.72. The standard InChI is InChI=1S/C19H17F3N4O3/c1-12-17(18(26(2)25-12)29-13-6-5-9-23-10-13)24-16(27)11-28-15-8-4-3-7-14(15)19(20,21)22/h3-10H,11H2,1-2H3,(H,24,27). The predicted octanol–water partition coefficient (Wildman–Crippen LogP) is 3.95. The SMILES string of the molecule is Cc1nn(C)c(Oc2cccnc2)c1NC(=O)COc1ccccc1C(F)(F)F. The lowest BCUT2D eigenvalue weighted by atomic mass is 10.2. The van der Waals surface area contributed by atoms with Crippen LogP contribution in [0.2, 0.25) is 0 Å². The van der Waals surface area contributed by atoms with Crippen molar-refractivity contribution >= 4 is 11.6 Å². The molecule has 0 aliphatic heterocycles. The van der Waals surface area contributed by atoms with E-state index in [2.05, 4.69) is 15.4 Å². The highest BCUT2D eigenvalue weighted by Crippen LogP contribution is 2.36. The number of ether oxygens (including phenoxy) is 2. The van der Waals surface area contributed by atoms with Crippen molar-refractivity contribution in [3.8, 4) is 17.4 Å². The number of amides is 1. The monoisotopic (exact) mass is 406 g/mol. The van der Waals surface area contributed by atoms with Gasteiger partial charge in [0.25, 0.3) is 5.91 Å². The van der Waals surface area contributed by atoms with Crippen molar-refractivity contribution in [1.82, 2.24) is 14.8 Å². The van der Waals surface area contributed by atoms with Crippen LogP contribution in [0, 0.1) is 6.92 Å². The van der Waals surface area contributed by atoms with Gasteiger partial charge in [0.2, 0.25) is 5.88 Å². The van der Waals surface area contributed by atoms with Crippen LogP contribution in [0.15, 0.2) is 48.8 Å². The summed E-state index contributed by atoms with van der Waals surface area (Å²) in [7, 11) is 1.63. The van der Waals surface area contributed by atoms with Crippen LogP contribution in [0.4, 0.5) is 18.9 Å². The van der Waals surface area contributed by atoms with Gasteiger partial charge < -0.3 is 14.8 Å². The van der Waals surface area contributed by atoms with Crippen molar-refractivity contribution in [2.24, 2.45) is 7.05 Å². The molecular formula is C19H17F3N4O3. The summed E-state index contributed by atoms with van der Waals surface area (Å²) in [6.45, 7) is 1.04. The third-order valence-electron chi connectivity index (χ3n) is 3.83. The van der Waals surface area contributed by atoms with Gasteiger partial charge in [-0.1, -0.05) is 12.1 Å². The number of hydrogen-bond donors (Lipinski definition) is 1. The van der Waals surface area contributed by atoms with Crippen LogP contribution in [0.3, 0.4) is 0 Å². The van der Waals surface area contributed by atoms with E-state index in [1.54, 1.807) is 32.3 Å². The fraction of sp³-hybridized carbons (Fsp3) is 0.211. The summed E-state index contributed by atoms with van der Waals surface area (Å²) in [6, 6.07) is 8.05. The zero-order chi connectivity index (χ0) is 21.0. The number of carbonyl (C=O) groups excluding carboxylic acids is 1. The number of nitrogens with zero attached hydrogens (tertiary/aromatic N) is 3. The summed E-state index contributed by atoms with van der Waals surface area (Å²) >= 11 is 0. The molecule has 1 N–H and O–H groups in total. The van der Waals surface area contributed by atoms with Gasteiger partial charge in [-0.05, 0) is 31.2 Å². The van der Waals surface area contributed by atoms with E-state index in [1.165, 1.54) is 23.0 Å². The summed E-state index contributed by atoms with van der Waals surface area (Å²) in [5.41, 5.74) is -0.199. The van der Waals surface area contributed by atoms with Gasteiger partial charge in [-0.15, -0.1) is 0 Å². The van der Waals surface area contributed by atoms with Gasteiger partial charge in [-0.25, -0.2) is 4.68 Å². The van der Waals surface area contributed by atoms with Gasteiger partial charge in [0.05, 0.1) is 17.5 Å². The number of para-hydroxylation sites is 1. The maximum atomic E-state index is 13.0. The van der Waals surface area contributed by atoms with E-state index in [0.717, 1.165) is 12.1 Å². The molecule has 0 atom stereocenters. The number of nitrogens with one attached hydrogen (secondary N) is 1. The zero-order valence-electron chi connectivity index (χ0n) is 15.5. The third-order valence-corrected chi connectivity index (χ3v) is 3.83. The molecule has 0 bridgehead atoms. The maximum Gasteiger partial charge on any atom is 0.419 e. The third kappa shape index (κ3) is 4.84. The average molecular weight is 406 g/mol. The van der Waals surface area contributed by atoms with Gasteiger partial charge in [-0.2, -0.15) is 18.3 Å². The Morgan fingerprint density at radius 2 is 1.97 bits per heavy atom. The maximum absolute atomic E-state index is 13.0. The second-order valence-electron chi connectivity index (χ2n) is 6.01. The lowest BCUT2D eigenvalue weighted by Crippen LogP contribution is -2.21. The molecule has 1 aromatic carbocycles. The number of halogens is 3. The quantitative estimate of drug-likeness (QED) is 0.671. The molecule has 7 nitrogen and oxygen atoms in total. The summed E-state index contributed by atoms with van der Waals surface area (Å²) in [4.78, 5) is 16.2. The molecule has 29 heavy (non-hydrogen) atoms. The van der Waals surface area contributed by atoms with Crippen molar-refractivity contribution < 1.29 is 27.4 Å². The molecule has 0 saturated carbocycles. The van der Waals surface area contributed by atoms with Crippen molar-refractivity contribution in [2.45, 2.75) is 13.1 Å². The highest BCUT2D eigenvalue weighted by atomic mass is 19.4. The number of rotatable bonds is 6. The van der Waals surface area contributed by atoms with Gasteiger partial charge in [-0.3, -0.25) is 9.78 Å². The van der Waals surface area contributed by atoms with Crippen LogP contribution in [0.1, 0.15) is 11.3 Å². The topological polar surface area (TPSA) is 78.3 Å². The first-order valence-corrected chi connectivity index (χ1v) is 8.46. The van der Waals surface area contributed by atoms with E-state index in [4.69, 9.17) is 9.47 Å². The molecule has 0 aliphatic carbocycles.